The smallest absolute Gasteiger partial charge is 0.191 e. The van der Waals surface area contributed by atoms with Crippen molar-refractivity contribution in [2.24, 2.45) is 4.99 Å². The van der Waals surface area contributed by atoms with Crippen LogP contribution in [0.2, 0.25) is 0 Å². The minimum absolute atomic E-state index is 0. The van der Waals surface area contributed by atoms with E-state index in [-0.39, 0.29) is 24.0 Å². The van der Waals surface area contributed by atoms with Gasteiger partial charge < -0.3 is 10.6 Å². The Kier molecular flexibility index (Phi) is 7.86. The number of aliphatic imine (C=N–C) groups is 1. The van der Waals surface area contributed by atoms with Crippen molar-refractivity contribution in [2.75, 3.05) is 7.05 Å². The molecule has 1 saturated carbocycles. The molecule has 1 aromatic carbocycles. The van der Waals surface area contributed by atoms with Gasteiger partial charge in [-0.1, -0.05) is 49.6 Å². The van der Waals surface area contributed by atoms with Crippen LogP contribution in [0.4, 0.5) is 0 Å². The number of nitrogens with zero attached hydrogens (tertiary/aromatic N) is 1. The summed E-state index contributed by atoms with van der Waals surface area (Å²) in [7, 11) is 1.84. The normalized spacial score (nSPS) is 16.6. The van der Waals surface area contributed by atoms with Gasteiger partial charge in [0.05, 0.1) is 0 Å². The number of nitrogens with one attached hydrogen (secondary N) is 2. The Balaban J connectivity index is 0.00000180. The van der Waals surface area contributed by atoms with Crippen LogP contribution in [0.1, 0.15) is 37.7 Å². The summed E-state index contributed by atoms with van der Waals surface area (Å²) in [6.45, 7) is 0.827. The molecule has 1 aliphatic carbocycles. The summed E-state index contributed by atoms with van der Waals surface area (Å²) in [5.41, 5.74) is 1.28. The molecule has 0 atom stereocenters. The van der Waals surface area contributed by atoms with E-state index >= 15 is 0 Å². The third-order valence-electron chi connectivity index (χ3n) is 3.47. The summed E-state index contributed by atoms with van der Waals surface area (Å²) in [5.74, 6) is 0.922. The van der Waals surface area contributed by atoms with Crippen molar-refractivity contribution >= 4 is 29.9 Å². The number of rotatable bonds is 3. The van der Waals surface area contributed by atoms with Gasteiger partial charge in [-0.3, -0.25) is 4.99 Å². The number of hydrogen-bond donors (Lipinski definition) is 2. The van der Waals surface area contributed by atoms with Crippen molar-refractivity contribution in [3.05, 3.63) is 35.9 Å². The van der Waals surface area contributed by atoms with Gasteiger partial charge in [-0.15, -0.1) is 24.0 Å². The van der Waals surface area contributed by atoms with Crippen molar-refractivity contribution in [2.45, 2.75) is 44.7 Å². The molecule has 19 heavy (non-hydrogen) atoms. The van der Waals surface area contributed by atoms with Crippen LogP contribution in [0, 0.1) is 0 Å². The van der Waals surface area contributed by atoms with Gasteiger partial charge in [0.25, 0.3) is 0 Å². The third kappa shape index (κ3) is 5.80. The molecular formula is C15H24IN3. The first-order valence-corrected chi connectivity index (χ1v) is 6.89. The molecule has 2 rings (SSSR count). The number of benzene rings is 1. The lowest BCUT2D eigenvalue weighted by atomic mass is 9.96. The van der Waals surface area contributed by atoms with Gasteiger partial charge >= 0.3 is 0 Å². The molecule has 1 fully saturated rings. The Morgan fingerprint density at radius 3 is 2.47 bits per heavy atom. The minimum Gasteiger partial charge on any atom is -0.354 e. The quantitative estimate of drug-likeness (QED) is 0.485. The van der Waals surface area contributed by atoms with Crippen LogP contribution >= 0.6 is 24.0 Å². The zero-order chi connectivity index (χ0) is 12.6. The van der Waals surface area contributed by atoms with E-state index in [4.69, 9.17) is 0 Å². The monoisotopic (exact) mass is 373 g/mol. The van der Waals surface area contributed by atoms with E-state index < -0.39 is 0 Å². The second-order valence-electron chi connectivity index (χ2n) is 4.89. The Bertz CT molecular complexity index is 372. The predicted molar refractivity (Wildman–Crippen MR) is 92.1 cm³/mol. The van der Waals surface area contributed by atoms with Gasteiger partial charge in [-0.25, -0.2) is 0 Å². The third-order valence-corrected chi connectivity index (χ3v) is 3.47. The summed E-state index contributed by atoms with van der Waals surface area (Å²) < 4.78 is 0. The molecule has 0 bridgehead atoms. The highest BCUT2D eigenvalue weighted by molar-refractivity contribution is 14.0. The maximum absolute atomic E-state index is 4.29. The standard InChI is InChI=1S/C15H23N3.HI/c1-16-15(18-14-10-6-3-7-11-14)17-12-13-8-4-2-5-9-13;/h2,4-5,8-9,14H,3,6-7,10-12H2,1H3,(H2,16,17,18);1H. The highest BCUT2D eigenvalue weighted by Crippen LogP contribution is 2.17. The Labute approximate surface area is 133 Å². The summed E-state index contributed by atoms with van der Waals surface area (Å²) >= 11 is 0. The average molecular weight is 373 g/mol. The SMILES string of the molecule is CN=C(NCc1ccccc1)NC1CCCCC1.I. The molecule has 0 heterocycles. The molecule has 2 N–H and O–H groups in total. The molecular weight excluding hydrogens is 349 g/mol. The van der Waals surface area contributed by atoms with Crippen LogP contribution in [-0.4, -0.2) is 19.0 Å². The fourth-order valence-electron chi connectivity index (χ4n) is 2.42. The zero-order valence-corrected chi connectivity index (χ0v) is 13.9. The maximum Gasteiger partial charge on any atom is 0.191 e. The van der Waals surface area contributed by atoms with Crippen molar-refractivity contribution in [1.29, 1.82) is 0 Å². The van der Waals surface area contributed by atoms with Crippen LogP contribution in [0.5, 0.6) is 0 Å². The van der Waals surface area contributed by atoms with E-state index in [1.54, 1.807) is 0 Å². The largest absolute Gasteiger partial charge is 0.354 e. The molecule has 0 amide bonds. The molecule has 0 aromatic heterocycles. The molecule has 1 aliphatic rings. The molecule has 3 nitrogen and oxygen atoms in total. The second kappa shape index (κ2) is 9.18. The van der Waals surface area contributed by atoms with Crippen LogP contribution in [0.3, 0.4) is 0 Å². The molecule has 106 valence electrons. The molecule has 1 aromatic rings. The lowest BCUT2D eigenvalue weighted by Gasteiger charge is -2.24. The Hall–Kier alpha value is -0.780. The first-order valence-electron chi connectivity index (χ1n) is 6.89. The van der Waals surface area contributed by atoms with Gasteiger partial charge in [0.2, 0.25) is 0 Å². The first-order chi connectivity index (χ1) is 8.88. The highest BCUT2D eigenvalue weighted by atomic mass is 127. The van der Waals surface area contributed by atoms with Crippen molar-refractivity contribution < 1.29 is 0 Å². The Morgan fingerprint density at radius 1 is 1.16 bits per heavy atom. The van der Waals surface area contributed by atoms with Gasteiger partial charge in [0.1, 0.15) is 0 Å². The van der Waals surface area contributed by atoms with Gasteiger partial charge in [-0.05, 0) is 18.4 Å². The van der Waals surface area contributed by atoms with E-state index in [9.17, 15) is 0 Å². The number of guanidine groups is 1. The predicted octanol–water partition coefficient (Wildman–Crippen LogP) is 3.30. The molecule has 0 radical (unpaired) electrons. The van der Waals surface area contributed by atoms with Crippen LogP contribution < -0.4 is 10.6 Å². The maximum atomic E-state index is 4.29. The van der Waals surface area contributed by atoms with E-state index in [1.165, 1.54) is 37.7 Å². The molecule has 4 heteroatoms. The fourth-order valence-corrected chi connectivity index (χ4v) is 2.42. The molecule has 0 aliphatic heterocycles. The van der Waals surface area contributed by atoms with E-state index in [0.29, 0.717) is 6.04 Å². The highest BCUT2D eigenvalue weighted by Gasteiger charge is 2.14. The van der Waals surface area contributed by atoms with Crippen molar-refractivity contribution in [1.82, 2.24) is 10.6 Å². The summed E-state index contributed by atoms with van der Waals surface area (Å²) in [5, 5.41) is 6.89. The van der Waals surface area contributed by atoms with E-state index in [1.807, 2.05) is 13.1 Å². The van der Waals surface area contributed by atoms with Crippen LogP contribution in [-0.2, 0) is 6.54 Å². The zero-order valence-electron chi connectivity index (χ0n) is 11.6. The summed E-state index contributed by atoms with van der Waals surface area (Å²) in [6, 6.07) is 11.0. The molecule has 0 saturated heterocycles. The number of halogens is 1. The van der Waals surface area contributed by atoms with Crippen LogP contribution in [0.15, 0.2) is 35.3 Å². The number of hydrogen-bond acceptors (Lipinski definition) is 1. The topological polar surface area (TPSA) is 36.4 Å². The Morgan fingerprint density at radius 2 is 1.84 bits per heavy atom. The van der Waals surface area contributed by atoms with Crippen molar-refractivity contribution in [3.8, 4) is 0 Å². The summed E-state index contributed by atoms with van der Waals surface area (Å²) in [6.07, 6.45) is 6.60. The van der Waals surface area contributed by atoms with Gasteiger partial charge in [0, 0.05) is 19.6 Å². The van der Waals surface area contributed by atoms with Crippen molar-refractivity contribution in [3.63, 3.8) is 0 Å². The minimum atomic E-state index is 0. The fraction of sp³-hybridized carbons (Fsp3) is 0.533. The summed E-state index contributed by atoms with van der Waals surface area (Å²) in [4.78, 5) is 4.29. The van der Waals surface area contributed by atoms with E-state index in [2.05, 4.69) is 39.9 Å². The lowest BCUT2D eigenvalue weighted by molar-refractivity contribution is 0.410. The second-order valence-corrected chi connectivity index (χ2v) is 4.89. The molecule has 0 unspecified atom stereocenters. The van der Waals surface area contributed by atoms with Gasteiger partial charge in [0.15, 0.2) is 5.96 Å². The molecule has 0 spiro atoms. The van der Waals surface area contributed by atoms with E-state index in [0.717, 1.165) is 12.5 Å². The van der Waals surface area contributed by atoms with Crippen LogP contribution in [0.25, 0.3) is 0 Å². The lowest BCUT2D eigenvalue weighted by Crippen LogP contribution is -2.43. The first kappa shape index (κ1) is 16.3. The average Bonchev–Trinajstić information content (AvgIpc) is 2.45. The van der Waals surface area contributed by atoms with Gasteiger partial charge in [-0.2, -0.15) is 0 Å².